The molecule has 1 N–H and O–H groups in total. The SMILES string of the molecule is CC(c1cccs1)N(C)C(=O)[C@H]1CCN1.Cl. The van der Waals surface area contributed by atoms with Gasteiger partial charge in [0.25, 0.3) is 0 Å². The van der Waals surface area contributed by atoms with Crippen LogP contribution in [0.5, 0.6) is 0 Å². The van der Waals surface area contributed by atoms with Gasteiger partial charge in [-0.3, -0.25) is 4.79 Å². The maximum atomic E-state index is 11.9. The van der Waals surface area contributed by atoms with Crippen molar-refractivity contribution in [2.45, 2.75) is 25.4 Å². The van der Waals surface area contributed by atoms with E-state index in [1.165, 1.54) is 4.88 Å². The zero-order chi connectivity index (χ0) is 10.8. The van der Waals surface area contributed by atoms with E-state index in [1.54, 1.807) is 11.3 Å². The third kappa shape index (κ3) is 2.56. The van der Waals surface area contributed by atoms with Crippen LogP contribution in [-0.4, -0.2) is 30.4 Å². The van der Waals surface area contributed by atoms with Crippen molar-refractivity contribution in [2.24, 2.45) is 0 Å². The van der Waals surface area contributed by atoms with Gasteiger partial charge in [-0.1, -0.05) is 6.07 Å². The van der Waals surface area contributed by atoms with Crippen LogP contribution in [0.4, 0.5) is 0 Å². The second-order valence-electron chi connectivity index (χ2n) is 3.94. The van der Waals surface area contributed by atoms with Crippen LogP contribution in [0, 0.1) is 0 Å². The Bertz CT molecular complexity index is 338. The molecule has 1 aliphatic rings. The molecule has 1 aromatic heterocycles. The molecule has 2 heterocycles. The van der Waals surface area contributed by atoms with Crippen LogP contribution in [0.1, 0.15) is 24.3 Å². The first kappa shape index (κ1) is 13.5. The van der Waals surface area contributed by atoms with Crippen LogP contribution in [0.3, 0.4) is 0 Å². The molecule has 0 bridgehead atoms. The molecule has 1 fully saturated rings. The number of thiophene rings is 1. The Morgan fingerprint density at radius 2 is 2.38 bits per heavy atom. The fourth-order valence-electron chi connectivity index (χ4n) is 1.66. The topological polar surface area (TPSA) is 32.3 Å². The summed E-state index contributed by atoms with van der Waals surface area (Å²) in [6, 6.07) is 4.33. The monoisotopic (exact) mass is 260 g/mol. The van der Waals surface area contributed by atoms with Crippen LogP contribution in [-0.2, 0) is 4.79 Å². The maximum absolute atomic E-state index is 11.9. The van der Waals surface area contributed by atoms with Gasteiger partial charge in [-0.15, -0.1) is 23.7 Å². The quantitative estimate of drug-likeness (QED) is 0.902. The molecule has 1 amide bonds. The van der Waals surface area contributed by atoms with Gasteiger partial charge in [0.2, 0.25) is 5.91 Å². The highest BCUT2D eigenvalue weighted by molar-refractivity contribution is 7.10. The summed E-state index contributed by atoms with van der Waals surface area (Å²) >= 11 is 1.70. The largest absolute Gasteiger partial charge is 0.337 e. The summed E-state index contributed by atoms with van der Waals surface area (Å²) in [7, 11) is 1.88. The molecule has 0 aromatic carbocycles. The Balaban J connectivity index is 0.00000128. The lowest BCUT2D eigenvalue weighted by Crippen LogP contribution is -2.53. The van der Waals surface area contributed by atoms with Gasteiger partial charge in [0.1, 0.15) is 0 Å². The van der Waals surface area contributed by atoms with E-state index in [9.17, 15) is 4.79 Å². The Morgan fingerprint density at radius 1 is 1.69 bits per heavy atom. The van der Waals surface area contributed by atoms with Crippen molar-refractivity contribution in [3.05, 3.63) is 22.4 Å². The molecule has 0 saturated carbocycles. The summed E-state index contributed by atoms with van der Waals surface area (Å²) in [4.78, 5) is 15.0. The minimum Gasteiger partial charge on any atom is -0.337 e. The van der Waals surface area contributed by atoms with E-state index in [1.807, 2.05) is 23.4 Å². The second kappa shape index (κ2) is 5.66. The zero-order valence-electron chi connectivity index (χ0n) is 9.47. The lowest BCUT2D eigenvalue weighted by atomic mass is 10.1. The van der Waals surface area contributed by atoms with Crippen molar-refractivity contribution in [1.29, 1.82) is 0 Å². The summed E-state index contributed by atoms with van der Waals surface area (Å²) < 4.78 is 0. The molecule has 2 atom stereocenters. The number of hydrogen-bond donors (Lipinski definition) is 1. The number of halogens is 1. The third-order valence-electron chi connectivity index (χ3n) is 3.01. The molecule has 0 spiro atoms. The summed E-state index contributed by atoms with van der Waals surface area (Å²) in [5.74, 6) is 0.210. The molecular weight excluding hydrogens is 244 g/mol. The predicted octanol–water partition coefficient (Wildman–Crippen LogP) is 2.05. The molecule has 90 valence electrons. The van der Waals surface area contributed by atoms with Gasteiger partial charge in [0.05, 0.1) is 12.1 Å². The first-order valence-corrected chi connectivity index (χ1v) is 6.11. The van der Waals surface area contributed by atoms with Crippen LogP contribution in [0.2, 0.25) is 0 Å². The first-order chi connectivity index (χ1) is 7.20. The van der Waals surface area contributed by atoms with Crippen LogP contribution in [0.25, 0.3) is 0 Å². The third-order valence-corrected chi connectivity index (χ3v) is 4.05. The number of nitrogens with zero attached hydrogens (tertiary/aromatic N) is 1. The maximum Gasteiger partial charge on any atom is 0.240 e. The average Bonchev–Trinajstić information content (AvgIpc) is 2.65. The lowest BCUT2D eigenvalue weighted by molar-refractivity contribution is -0.135. The van der Waals surface area contributed by atoms with E-state index >= 15 is 0 Å². The van der Waals surface area contributed by atoms with Gasteiger partial charge < -0.3 is 10.2 Å². The minimum atomic E-state index is 0. The lowest BCUT2D eigenvalue weighted by Gasteiger charge is -2.33. The molecule has 0 aliphatic carbocycles. The van der Waals surface area contributed by atoms with Gasteiger partial charge in [0, 0.05) is 11.9 Å². The zero-order valence-corrected chi connectivity index (χ0v) is 11.1. The molecule has 1 aromatic rings. The average molecular weight is 261 g/mol. The summed E-state index contributed by atoms with van der Waals surface area (Å²) in [5, 5.41) is 5.19. The van der Waals surface area contributed by atoms with Gasteiger partial charge in [-0.2, -0.15) is 0 Å². The number of rotatable bonds is 3. The fourth-order valence-corrected chi connectivity index (χ4v) is 2.48. The number of carbonyl (C=O) groups excluding carboxylic acids is 1. The predicted molar refractivity (Wildman–Crippen MR) is 69.2 cm³/mol. The van der Waals surface area contributed by atoms with Gasteiger partial charge in [-0.25, -0.2) is 0 Å². The van der Waals surface area contributed by atoms with Crippen molar-refractivity contribution in [1.82, 2.24) is 10.2 Å². The number of hydrogen-bond acceptors (Lipinski definition) is 3. The highest BCUT2D eigenvalue weighted by atomic mass is 35.5. The van der Waals surface area contributed by atoms with Crippen LogP contribution in [0.15, 0.2) is 17.5 Å². The standard InChI is InChI=1S/C11H16N2OS.ClH/c1-8(10-4-3-7-15-10)13(2)11(14)9-5-6-12-9;/h3-4,7-9,12H,5-6H2,1-2H3;1H/t8?,9-;/m1./s1. The van der Waals surface area contributed by atoms with E-state index in [0.717, 1.165) is 13.0 Å². The van der Waals surface area contributed by atoms with Crippen molar-refractivity contribution in [3.8, 4) is 0 Å². The summed E-state index contributed by atoms with van der Waals surface area (Å²) in [6.07, 6.45) is 0.973. The molecule has 0 radical (unpaired) electrons. The van der Waals surface area contributed by atoms with Crippen molar-refractivity contribution in [2.75, 3.05) is 13.6 Å². The molecule has 5 heteroatoms. The van der Waals surface area contributed by atoms with E-state index in [2.05, 4.69) is 18.3 Å². The second-order valence-corrected chi connectivity index (χ2v) is 4.92. The van der Waals surface area contributed by atoms with E-state index in [-0.39, 0.29) is 30.4 Å². The van der Waals surface area contributed by atoms with Crippen molar-refractivity contribution >= 4 is 29.7 Å². The van der Waals surface area contributed by atoms with Crippen LogP contribution < -0.4 is 5.32 Å². The Hall–Kier alpha value is -0.580. The van der Waals surface area contributed by atoms with E-state index in [4.69, 9.17) is 0 Å². The number of amides is 1. The van der Waals surface area contributed by atoms with Crippen molar-refractivity contribution in [3.63, 3.8) is 0 Å². The Labute approximate surface area is 106 Å². The molecule has 16 heavy (non-hydrogen) atoms. The molecular formula is C11H17ClN2OS. The fraction of sp³-hybridized carbons (Fsp3) is 0.545. The van der Waals surface area contributed by atoms with Gasteiger partial charge >= 0.3 is 0 Å². The van der Waals surface area contributed by atoms with E-state index < -0.39 is 0 Å². The highest BCUT2D eigenvalue weighted by Gasteiger charge is 2.29. The smallest absolute Gasteiger partial charge is 0.240 e. The molecule has 1 unspecified atom stereocenters. The molecule has 2 rings (SSSR count). The van der Waals surface area contributed by atoms with Gasteiger partial charge in [0.15, 0.2) is 0 Å². The number of likely N-dealkylation sites (N-methyl/N-ethyl adjacent to an activating group) is 1. The highest BCUT2D eigenvalue weighted by Crippen LogP contribution is 2.24. The number of carbonyl (C=O) groups is 1. The number of nitrogens with one attached hydrogen (secondary N) is 1. The Morgan fingerprint density at radius 3 is 2.81 bits per heavy atom. The first-order valence-electron chi connectivity index (χ1n) is 5.23. The normalized spacial score (nSPS) is 20.5. The summed E-state index contributed by atoms with van der Waals surface area (Å²) in [6.45, 7) is 3.04. The Kier molecular flexibility index (Phi) is 4.77. The minimum absolute atomic E-state index is 0. The van der Waals surface area contributed by atoms with E-state index in [0.29, 0.717) is 0 Å². The van der Waals surface area contributed by atoms with Crippen LogP contribution >= 0.6 is 23.7 Å². The van der Waals surface area contributed by atoms with Crippen molar-refractivity contribution < 1.29 is 4.79 Å². The molecule has 1 aliphatic heterocycles. The summed E-state index contributed by atoms with van der Waals surface area (Å²) in [5.41, 5.74) is 0. The van der Waals surface area contributed by atoms with Gasteiger partial charge in [-0.05, 0) is 31.3 Å². The molecule has 3 nitrogen and oxygen atoms in total. The molecule has 1 saturated heterocycles.